The molecule has 1 atom stereocenters. The van der Waals surface area contributed by atoms with Crippen LogP contribution in [-0.2, 0) is 14.3 Å². The van der Waals surface area contributed by atoms with Crippen LogP contribution in [0.3, 0.4) is 0 Å². The van der Waals surface area contributed by atoms with Crippen LogP contribution in [0.15, 0.2) is 48.0 Å². The number of carbonyl (C=O) groups is 2. The van der Waals surface area contributed by atoms with Crippen molar-refractivity contribution < 1.29 is 24.2 Å². The van der Waals surface area contributed by atoms with Gasteiger partial charge in [-0.15, -0.1) is 0 Å². The Balaban J connectivity index is 2.17. The van der Waals surface area contributed by atoms with Gasteiger partial charge in [-0.25, -0.2) is 0 Å². The molecule has 6 heteroatoms. The summed E-state index contributed by atoms with van der Waals surface area (Å²) in [5, 5.41) is 11.3. The lowest BCUT2D eigenvalue weighted by atomic mass is 9.92. The van der Waals surface area contributed by atoms with E-state index in [1.54, 1.807) is 26.4 Å². The molecule has 3 rings (SSSR count). The van der Waals surface area contributed by atoms with E-state index in [-0.39, 0.29) is 30.4 Å². The number of methoxy groups -OCH3 is 2. The zero-order chi connectivity index (χ0) is 24.3. The first-order valence-electron chi connectivity index (χ1n) is 11.3. The van der Waals surface area contributed by atoms with E-state index in [1.165, 1.54) is 4.90 Å². The molecule has 1 heterocycles. The summed E-state index contributed by atoms with van der Waals surface area (Å²) in [7, 11) is 3.15. The minimum atomic E-state index is -0.691. The van der Waals surface area contributed by atoms with Crippen molar-refractivity contribution in [1.82, 2.24) is 4.90 Å². The van der Waals surface area contributed by atoms with Gasteiger partial charge in [0, 0.05) is 19.2 Å². The number of rotatable bonds is 8. The highest BCUT2D eigenvalue weighted by molar-refractivity contribution is 6.46. The Kier molecular flexibility index (Phi) is 7.59. The molecule has 1 amide bonds. The van der Waals surface area contributed by atoms with Crippen LogP contribution in [0.25, 0.3) is 5.76 Å². The number of benzene rings is 2. The van der Waals surface area contributed by atoms with Gasteiger partial charge in [-0.05, 0) is 46.7 Å². The van der Waals surface area contributed by atoms with Crippen LogP contribution >= 0.6 is 0 Å². The number of ketones is 1. The molecule has 1 aliphatic rings. The monoisotopic (exact) mass is 451 g/mol. The quantitative estimate of drug-likeness (QED) is 0.347. The van der Waals surface area contributed by atoms with Gasteiger partial charge in [-0.1, -0.05) is 52.0 Å². The summed E-state index contributed by atoms with van der Waals surface area (Å²) < 4.78 is 10.6. The van der Waals surface area contributed by atoms with Crippen LogP contribution in [0.2, 0.25) is 0 Å². The number of nitrogens with zero attached hydrogens (tertiary/aromatic N) is 1. The van der Waals surface area contributed by atoms with E-state index < -0.39 is 17.7 Å². The Hall–Kier alpha value is -3.12. The molecule has 0 saturated carbocycles. The molecule has 0 radical (unpaired) electrons. The van der Waals surface area contributed by atoms with Crippen molar-refractivity contribution in [2.24, 2.45) is 0 Å². The fourth-order valence-electron chi connectivity index (χ4n) is 4.20. The molecule has 0 aromatic heterocycles. The minimum absolute atomic E-state index is 0.0910. The van der Waals surface area contributed by atoms with E-state index in [4.69, 9.17) is 9.47 Å². The van der Waals surface area contributed by atoms with Crippen LogP contribution in [-0.4, -0.2) is 49.1 Å². The van der Waals surface area contributed by atoms with Crippen LogP contribution in [0.5, 0.6) is 5.75 Å². The van der Waals surface area contributed by atoms with Gasteiger partial charge < -0.3 is 19.5 Å². The molecule has 33 heavy (non-hydrogen) atoms. The van der Waals surface area contributed by atoms with E-state index >= 15 is 0 Å². The maximum absolute atomic E-state index is 13.1. The lowest BCUT2D eigenvalue weighted by Crippen LogP contribution is -2.32. The molecular formula is C27H33NO5. The summed E-state index contributed by atoms with van der Waals surface area (Å²) in [6, 6.07) is 12.5. The topological polar surface area (TPSA) is 76.1 Å². The number of aliphatic hydroxyl groups excluding tert-OH is 1. The van der Waals surface area contributed by atoms with Gasteiger partial charge in [0.1, 0.15) is 11.5 Å². The van der Waals surface area contributed by atoms with Gasteiger partial charge in [-0.2, -0.15) is 0 Å². The van der Waals surface area contributed by atoms with Crippen molar-refractivity contribution in [3.8, 4) is 5.75 Å². The molecule has 1 unspecified atom stereocenters. The van der Waals surface area contributed by atoms with Gasteiger partial charge in [0.25, 0.3) is 11.7 Å². The molecule has 1 N–H and O–H groups in total. The lowest BCUT2D eigenvalue weighted by molar-refractivity contribution is -0.140. The standard InChI is InChI=1S/C27H33NO5/c1-16(2)18-7-9-19(10-8-18)24-23(26(30)27(31)28(24)13-14-32-5)25(29)20-11-12-22(33-6)21(15-20)17(3)4/h7-12,15-17,24,29H,13-14H2,1-6H3/b25-23-. The molecule has 6 nitrogen and oxygen atoms in total. The van der Waals surface area contributed by atoms with Crippen molar-refractivity contribution in [3.05, 3.63) is 70.3 Å². The Bertz CT molecular complexity index is 1050. The molecule has 1 aliphatic heterocycles. The summed E-state index contributed by atoms with van der Waals surface area (Å²) in [6.07, 6.45) is 0. The summed E-state index contributed by atoms with van der Waals surface area (Å²) in [4.78, 5) is 27.5. The van der Waals surface area contributed by atoms with E-state index in [0.717, 1.165) is 16.7 Å². The van der Waals surface area contributed by atoms with Crippen molar-refractivity contribution in [3.63, 3.8) is 0 Å². The van der Waals surface area contributed by atoms with Crippen LogP contribution in [0.4, 0.5) is 0 Å². The fourth-order valence-corrected chi connectivity index (χ4v) is 4.20. The van der Waals surface area contributed by atoms with E-state index in [1.807, 2.05) is 44.2 Å². The Morgan fingerprint density at radius 2 is 1.67 bits per heavy atom. The van der Waals surface area contributed by atoms with Gasteiger partial charge >= 0.3 is 0 Å². The Labute approximate surface area is 195 Å². The third kappa shape index (κ3) is 4.81. The predicted molar refractivity (Wildman–Crippen MR) is 128 cm³/mol. The number of aliphatic hydroxyl groups is 1. The number of hydrogen-bond donors (Lipinski definition) is 1. The van der Waals surface area contributed by atoms with E-state index in [9.17, 15) is 14.7 Å². The van der Waals surface area contributed by atoms with Crippen molar-refractivity contribution in [1.29, 1.82) is 0 Å². The Morgan fingerprint density at radius 1 is 1.00 bits per heavy atom. The average molecular weight is 452 g/mol. The zero-order valence-corrected chi connectivity index (χ0v) is 20.2. The molecule has 0 spiro atoms. The second kappa shape index (κ2) is 10.2. The molecular weight excluding hydrogens is 418 g/mol. The molecule has 176 valence electrons. The van der Waals surface area contributed by atoms with Crippen molar-refractivity contribution in [2.45, 2.75) is 45.6 Å². The number of hydrogen-bond acceptors (Lipinski definition) is 5. The Morgan fingerprint density at radius 3 is 2.21 bits per heavy atom. The van der Waals surface area contributed by atoms with E-state index in [0.29, 0.717) is 17.2 Å². The molecule has 0 bridgehead atoms. The van der Waals surface area contributed by atoms with Gasteiger partial charge in [0.05, 0.1) is 25.3 Å². The first kappa shape index (κ1) is 24.5. The number of ether oxygens (including phenoxy) is 2. The minimum Gasteiger partial charge on any atom is -0.507 e. The highest BCUT2D eigenvalue weighted by Crippen LogP contribution is 2.40. The van der Waals surface area contributed by atoms with Gasteiger partial charge in [-0.3, -0.25) is 9.59 Å². The summed E-state index contributed by atoms with van der Waals surface area (Å²) in [5.74, 6) is -0.296. The molecule has 2 aromatic carbocycles. The maximum atomic E-state index is 13.1. The SMILES string of the molecule is COCCN1C(=O)C(=O)/C(=C(\O)c2ccc(OC)c(C(C)C)c2)C1c1ccc(C(C)C)cc1. The van der Waals surface area contributed by atoms with Crippen molar-refractivity contribution >= 4 is 17.4 Å². The van der Waals surface area contributed by atoms with E-state index in [2.05, 4.69) is 13.8 Å². The molecule has 1 saturated heterocycles. The molecule has 1 fully saturated rings. The summed E-state index contributed by atoms with van der Waals surface area (Å²) in [6.45, 7) is 8.80. The predicted octanol–water partition coefficient (Wildman–Crippen LogP) is 5.01. The third-order valence-corrected chi connectivity index (χ3v) is 6.12. The summed E-state index contributed by atoms with van der Waals surface area (Å²) >= 11 is 0. The van der Waals surface area contributed by atoms with Gasteiger partial charge in [0.15, 0.2) is 0 Å². The highest BCUT2D eigenvalue weighted by Gasteiger charge is 2.45. The first-order valence-corrected chi connectivity index (χ1v) is 11.3. The van der Waals surface area contributed by atoms with Gasteiger partial charge in [0.2, 0.25) is 0 Å². The number of amides is 1. The molecule has 2 aromatic rings. The number of likely N-dealkylation sites (tertiary alicyclic amines) is 1. The number of carbonyl (C=O) groups excluding carboxylic acids is 2. The smallest absolute Gasteiger partial charge is 0.295 e. The maximum Gasteiger partial charge on any atom is 0.295 e. The largest absolute Gasteiger partial charge is 0.507 e. The third-order valence-electron chi connectivity index (χ3n) is 6.12. The normalized spacial score (nSPS) is 17.9. The second-order valence-corrected chi connectivity index (χ2v) is 8.92. The van der Waals surface area contributed by atoms with Crippen LogP contribution in [0, 0.1) is 0 Å². The fraction of sp³-hybridized carbons (Fsp3) is 0.407. The lowest BCUT2D eigenvalue weighted by Gasteiger charge is -2.25. The second-order valence-electron chi connectivity index (χ2n) is 8.92. The number of Topliss-reactive ketones (excluding diaryl/α,β-unsaturated/α-hetero) is 1. The zero-order valence-electron chi connectivity index (χ0n) is 20.2. The van der Waals surface area contributed by atoms with Crippen LogP contribution in [0.1, 0.15) is 67.8 Å². The van der Waals surface area contributed by atoms with Crippen LogP contribution < -0.4 is 4.74 Å². The highest BCUT2D eigenvalue weighted by atomic mass is 16.5. The summed E-state index contributed by atoms with van der Waals surface area (Å²) in [5.41, 5.74) is 3.41. The first-order chi connectivity index (χ1) is 15.7. The molecule has 0 aliphatic carbocycles. The average Bonchev–Trinajstić information content (AvgIpc) is 3.06. The van der Waals surface area contributed by atoms with Crippen molar-refractivity contribution in [2.75, 3.05) is 27.4 Å².